The fourth-order valence-corrected chi connectivity index (χ4v) is 4.70. The minimum absolute atomic E-state index is 0.105. The molecule has 2 atom stereocenters. The van der Waals surface area contributed by atoms with Crippen LogP contribution in [0.5, 0.6) is 0 Å². The van der Waals surface area contributed by atoms with E-state index in [2.05, 4.69) is 16.1 Å². The van der Waals surface area contributed by atoms with Gasteiger partial charge in [-0.2, -0.15) is 0 Å². The van der Waals surface area contributed by atoms with Crippen LogP contribution in [0.25, 0.3) is 0 Å². The van der Waals surface area contributed by atoms with Crippen molar-refractivity contribution in [2.75, 3.05) is 11.9 Å². The summed E-state index contributed by atoms with van der Waals surface area (Å²) in [5.41, 5.74) is 6.74. The Labute approximate surface area is 199 Å². The Morgan fingerprint density at radius 3 is 2.47 bits per heavy atom. The maximum absolute atomic E-state index is 13.7. The van der Waals surface area contributed by atoms with Crippen LogP contribution in [0.3, 0.4) is 0 Å². The Kier molecular flexibility index (Phi) is 7.04. The number of carbonyl (C=O) groups excluding carboxylic acids is 3. The van der Waals surface area contributed by atoms with E-state index in [9.17, 15) is 27.6 Å². The predicted octanol–water partition coefficient (Wildman–Crippen LogP) is 1.51. The van der Waals surface area contributed by atoms with E-state index in [1.165, 1.54) is 24.0 Å². The van der Waals surface area contributed by atoms with Gasteiger partial charge in [0.1, 0.15) is 5.82 Å². The van der Waals surface area contributed by atoms with E-state index in [-0.39, 0.29) is 29.2 Å². The number of nitrogens with two attached hydrogens (primary N) is 2. The summed E-state index contributed by atoms with van der Waals surface area (Å²) in [6.45, 7) is 3.21. The number of benzene rings is 1. The number of amides is 3. The van der Waals surface area contributed by atoms with Gasteiger partial charge in [0.05, 0.1) is 22.2 Å². The molecule has 7 N–H and O–H groups in total. The monoisotopic (exact) mass is 502 g/mol. The summed E-state index contributed by atoms with van der Waals surface area (Å²) in [7, 11) is 0. The van der Waals surface area contributed by atoms with Crippen molar-refractivity contribution < 1.29 is 27.6 Å². The third-order valence-electron chi connectivity index (χ3n) is 6.29. The van der Waals surface area contributed by atoms with E-state index in [4.69, 9.17) is 23.2 Å². The quantitative estimate of drug-likeness (QED) is 0.235. The predicted molar refractivity (Wildman–Crippen MR) is 119 cm³/mol. The summed E-state index contributed by atoms with van der Waals surface area (Å²) >= 11 is 5.83. The molecule has 0 bridgehead atoms. The van der Waals surface area contributed by atoms with E-state index in [1.807, 2.05) is 0 Å². The molecule has 1 heterocycles. The molecule has 1 saturated heterocycles. The van der Waals surface area contributed by atoms with Crippen LogP contribution in [0, 0.1) is 18.7 Å². The molecular formula is C21H26ClF3N6O3. The topological polar surface area (TPSA) is 143 Å². The zero-order chi connectivity index (χ0) is 25.4. The molecule has 0 spiro atoms. The highest BCUT2D eigenvalue weighted by Crippen LogP contribution is 2.48. The van der Waals surface area contributed by atoms with Crippen molar-refractivity contribution in [2.24, 2.45) is 17.5 Å². The number of aryl methyl sites for hydroxylation is 1. The summed E-state index contributed by atoms with van der Waals surface area (Å²) in [6, 6.07) is 2.05. The number of alkyl halides is 2. The lowest BCUT2D eigenvalue weighted by Crippen LogP contribution is -2.66. The number of carbonyl (C=O) groups is 3. The van der Waals surface area contributed by atoms with Gasteiger partial charge >= 0.3 is 11.8 Å². The first-order valence-electron chi connectivity index (χ1n) is 10.5. The van der Waals surface area contributed by atoms with Crippen LogP contribution in [-0.4, -0.2) is 46.7 Å². The molecule has 2 unspecified atom stereocenters. The standard InChI is InChI=1S/C21H26ClF3N6O3/c1-10-5-12(6-14(22)16(10)23)29-17(32)13-3-4-31(11(13)2)19(34)18(33)30-20(15(26)7-28-27)8-21(24,25)9-20/h5-7,11,13,28H,3-4,8-9,26-27H2,1-2H3,(H,29,32)(H,30,33)/b15-7-. The van der Waals surface area contributed by atoms with Crippen molar-refractivity contribution in [1.82, 2.24) is 15.6 Å². The number of nitrogens with zero attached hydrogens (tertiary/aromatic N) is 1. The molecule has 9 nitrogen and oxygen atoms in total. The number of anilines is 1. The largest absolute Gasteiger partial charge is 0.399 e. The Bertz CT molecular complexity index is 1020. The first kappa shape index (κ1) is 25.6. The Balaban J connectivity index is 1.67. The van der Waals surface area contributed by atoms with Gasteiger partial charge in [0.25, 0.3) is 5.92 Å². The van der Waals surface area contributed by atoms with E-state index in [1.54, 1.807) is 6.92 Å². The Morgan fingerprint density at radius 1 is 1.26 bits per heavy atom. The van der Waals surface area contributed by atoms with Gasteiger partial charge in [-0.1, -0.05) is 11.6 Å². The molecular weight excluding hydrogens is 477 g/mol. The molecule has 1 saturated carbocycles. The van der Waals surface area contributed by atoms with Gasteiger partial charge in [-0.15, -0.1) is 0 Å². The number of hydrogen-bond acceptors (Lipinski definition) is 6. The Hall–Kier alpha value is -2.99. The average Bonchev–Trinajstić information content (AvgIpc) is 3.11. The summed E-state index contributed by atoms with van der Waals surface area (Å²) in [6.07, 6.45) is -0.211. The molecule has 186 valence electrons. The van der Waals surface area contributed by atoms with Gasteiger partial charge in [-0.3, -0.25) is 20.2 Å². The number of halogens is 4. The normalized spacial score (nSPS) is 23.1. The van der Waals surface area contributed by atoms with Crippen LogP contribution in [0.1, 0.15) is 31.7 Å². The van der Waals surface area contributed by atoms with E-state index in [0.29, 0.717) is 5.69 Å². The molecule has 0 radical (unpaired) electrons. The molecule has 1 aliphatic heterocycles. The minimum Gasteiger partial charge on any atom is -0.399 e. The minimum atomic E-state index is -3.05. The average molecular weight is 503 g/mol. The lowest BCUT2D eigenvalue weighted by Gasteiger charge is -2.47. The highest BCUT2D eigenvalue weighted by Gasteiger charge is 2.59. The molecule has 1 aromatic carbocycles. The number of nitrogens with one attached hydrogen (secondary N) is 3. The van der Waals surface area contributed by atoms with Crippen LogP contribution in [0.2, 0.25) is 5.02 Å². The van der Waals surface area contributed by atoms with E-state index in [0.717, 1.165) is 6.20 Å². The molecule has 34 heavy (non-hydrogen) atoms. The highest BCUT2D eigenvalue weighted by atomic mass is 35.5. The molecule has 0 aromatic heterocycles. The van der Waals surface area contributed by atoms with Crippen LogP contribution >= 0.6 is 11.6 Å². The molecule has 13 heteroatoms. The Morgan fingerprint density at radius 2 is 1.91 bits per heavy atom. The van der Waals surface area contributed by atoms with Crippen molar-refractivity contribution in [3.8, 4) is 0 Å². The third kappa shape index (κ3) is 4.92. The van der Waals surface area contributed by atoms with Crippen molar-refractivity contribution in [3.63, 3.8) is 0 Å². The number of hydrogen-bond donors (Lipinski definition) is 5. The second-order valence-corrected chi connectivity index (χ2v) is 9.13. The van der Waals surface area contributed by atoms with Crippen molar-refractivity contribution in [2.45, 2.75) is 50.6 Å². The number of hydrazine groups is 1. The lowest BCUT2D eigenvalue weighted by atomic mass is 9.71. The first-order valence-corrected chi connectivity index (χ1v) is 10.9. The van der Waals surface area contributed by atoms with Crippen LogP contribution in [0.15, 0.2) is 24.0 Å². The fourth-order valence-electron chi connectivity index (χ4n) is 4.44. The van der Waals surface area contributed by atoms with Crippen LogP contribution in [-0.2, 0) is 14.4 Å². The molecule has 3 amide bonds. The summed E-state index contributed by atoms with van der Waals surface area (Å²) in [4.78, 5) is 39.4. The zero-order valence-electron chi connectivity index (χ0n) is 18.6. The first-order chi connectivity index (χ1) is 15.8. The van der Waals surface area contributed by atoms with E-state index < -0.39 is 59.8 Å². The van der Waals surface area contributed by atoms with Crippen molar-refractivity contribution in [1.29, 1.82) is 0 Å². The van der Waals surface area contributed by atoms with Gasteiger partial charge in [0.15, 0.2) is 0 Å². The second-order valence-electron chi connectivity index (χ2n) is 8.72. The molecule has 2 aliphatic rings. The molecule has 2 fully saturated rings. The highest BCUT2D eigenvalue weighted by molar-refractivity contribution is 6.35. The summed E-state index contributed by atoms with van der Waals surface area (Å²) in [5.74, 6) is -1.64. The van der Waals surface area contributed by atoms with Gasteiger partial charge < -0.3 is 26.7 Å². The molecule has 3 rings (SSSR count). The molecule has 1 aromatic rings. The van der Waals surface area contributed by atoms with Crippen molar-refractivity contribution in [3.05, 3.63) is 40.4 Å². The lowest BCUT2D eigenvalue weighted by molar-refractivity contribution is -0.154. The van der Waals surface area contributed by atoms with Crippen LogP contribution < -0.4 is 27.6 Å². The summed E-state index contributed by atoms with van der Waals surface area (Å²) in [5, 5.41) is 4.83. The van der Waals surface area contributed by atoms with Gasteiger partial charge in [-0.25, -0.2) is 13.2 Å². The smallest absolute Gasteiger partial charge is 0.312 e. The number of likely N-dealkylation sites (tertiary alicyclic amines) is 1. The fraction of sp³-hybridized carbons (Fsp3) is 0.476. The second kappa shape index (κ2) is 9.34. The maximum atomic E-state index is 13.7. The SMILES string of the molecule is Cc1cc(NC(=O)C2CCN(C(=O)C(=O)NC3(/C(N)=C/NN)CC(F)(F)C3)C2C)cc(Cl)c1F. The van der Waals surface area contributed by atoms with E-state index >= 15 is 0 Å². The van der Waals surface area contributed by atoms with Crippen molar-refractivity contribution >= 4 is 35.0 Å². The van der Waals surface area contributed by atoms with Gasteiger partial charge in [0, 0.05) is 37.3 Å². The van der Waals surface area contributed by atoms with Gasteiger partial charge in [0.2, 0.25) is 5.91 Å². The zero-order valence-corrected chi connectivity index (χ0v) is 19.3. The van der Waals surface area contributed by atoms with Crippen LogP contribution in [0.4, 0.5) is 18.9 Å². The number of rotatable bonds is 5. The maximum Gasteiger partial charge on any atom is 0.312 e. The summed E-state index contributed by atoms with van der Waals surface area (Å²) < 4.78 is 40.9. The van der Waals surface area contributed by atoms with Gasteiger partial charge in [-0.05, 0) is 38.0 Å². The molecule has 1 aliphatic carbocycles. The third-order valence-corrected chi connectivity index (χ3v) is 6.56.